The van der Waals surface area contributed by atoms with E-state index in [0.29, 0.717) is 32.0 Å². The van der Waals surface area contributed by atoms with Crippen molar-refractivity contribution in [2.24, 2.45) is 0 Å². The van der Waals surface area contributed by atoms with Crippen LogP contribution in [0, 0.1) is 0 Å². The molecule has 1 aromatic carbocycles. The van der Waals surface area contributed by atoms with Crippen LogP contribution < -0.4 is 10.6 Å². The largest absolute Gasteiger partial charge is 0.458 e. The molecule has 0 spiro atoms. The van der Waals surface area contributed by atoms with Crippen LogP contribution in [0.15, 0.2) is 42.1 Å². The molecule has 1 aromatic rings. The lowest BCUT2D eigenvalue weighted by Gasteiger charge is -2.30. The molecule has 0 saturated heterocycles. The van der Waals surface area contributed by atoms with Gasteiger partial charge in [0, 0.05) is 21.3 Å². The molecule has 1 heterocycles. The molecule has 1 aliphatic rings. The van der Waals surface area contributed by atoms with E-state index >= 15 is 0 Å². The Morgan fingerprint density at radius 2 is 2.09 bits per heavy atom. The van der Waals surface area contributed by atoms with E-state index in [0.717, 1.165) is 0 Å². The number of carbonyl (C=O) groups is 1. The van der Waals surface area contributed by atoms with Gasteiger partial charge in [0.2, 0.25) is 0 Å². The van der Waals surface area contributed by atoms with Crippen LogP contribution in [0.2, 0.25) is 10.0 Å². The van der Waals surface area contributed by atoms with E-state index in [1.165, 1.54) is 6.08 Å². The van der Waals surface area contributed by atoms with Gasteiger partial charge in [-0.2, -0.15) is 0 Å². The lowest BCUT2D eigenvalue weighted by molar-refractivity contribution is -0.138. The molecule has 0 aromatic heterocycles. The maximum Gasteiger partial charge on any atom is 0.338 e. The van der Waals surface area contributed by atoms with Gasteiger partial charge in [-0.3, -0.25) is 0 Å². The third kappa shape index (κ3) is 3.43. The Kier molecular flexibility index (Phi) is 5.45. The Bertz CT molecular complexity index is 653. The lowest BCUT2D eigenvalue weighted by atomic mass is 9.95. The van der Waals surface area contributed by atoms with Crippen molar-refractivity contribution in [3.8, 4) is 0 Å². The number of allylic oxidation sites excluding steroid dienone is 1. The van der Waals surface area contributed by atoms with Gasteiger partial charge in [0.25, 0.3) is 0 Å². The van der Waals surface area contributed by atoms with Gasteiger partial charge in [-0.15, -0.1) is 0 Å². The van der Waals surface area contributed by atoms with Crippen molar-refractivity contribution in [1.82, 2.24) is 10.6 Å². The van der Waals surface area contributed by atoms with Crippen LogP contribution in [0.25, 0.3) is 0 Å². The number of rotatable bonds is 4. The number of esters is 1. The van der Waals surface area contributed by atoms with Gasteiger partial charge >= 0.3 is 5.97 Å². The van der Waals surface area contributed by atoms with Crippen LogP contribution in [0.4, 0.5) is 0 Å². The minimum Gasteiger partial charge on any atom is -0.458 e. The molecule has 4 nitrogen and oxygen atoms in total. The number of hydrogen-bond donors (Lipinski definition) is 2. The van der Waals surface area contributed by atoms with Gasteiger partial charge in [-0.05, 0) is 31.3 Å². The third-order valence-corrected chi connectivity index (χ3v) is 3.99. The fourth-order valence-electron chi connectivity index (χ4n) is 2.18. The molecular formula is C15H14Cl2N2O2S. The van der Waals surface area contributed by atoms with Crippen molar-refractivity contribution in [3.05, 3.63) is 57.7 Å². The molecule has 0 amide bonds. The van der Waals surface area contributed by atoms with E-state index in [1.807, 2.05) is 0 Å². The van der Waals surface area contributed by atoms with E-state index in [4.69, 9.17) is 40.2 Å². The summed E-state index contributed by atoms with van der Waals surface area (Å²) in [5.41, 5.74) is 1.56. The zero-order chi connectivity index (χ0) is 16.3. The molecule has 0 unspecified atom stereocenters. The first-order valence-corrected chi connectivity index (χ1v) is 7.62. The highest BCUT2D eigenvalue weighted by atomic mass is 35.5. The topological polar surface area (TPSA) is 50.4 Å². The Morgan fingerprint density at radius 1 is 1.45 bits per heavy atom. The highest BCUT2D eigenvalue weighted by molar-refractivity contribution is 7.80. The molecule has 0 radical (unpaired) electrons. The van der Waals surface area contributed by atoms with Gasteiger partial charge in [0.15, 0.2) is 5.11 Å². The number of carbonyl (C=O) groups excluding carboxylic acids is 1. The predicted octanol–water partition coefficient (Wildman–Crippen LogP) is 3.52. The summed E-state index contributed by atoms with van der Waals surface area (Å²) < 4.78 is 5.14. The number of benzene rings is 1. The molecule has 22 heavy (non-hydrogen) atoms. The van der Waals surface area contributed by atoms with E-state index < -0.39 is 12.0 Å². The summed E-state index contributed by atoms with van der Waals surface area (Å²) in [7, 11) is 0. The second-order valence-corrected chi connectivity index (χ2v) is 5.82. The van der Waals surface area contributed by atoms with Crippen LogP contribution >= 0.6 is 35.4 Å². The second-order valence-electron chi connectivity index (χ2n) is 4.59. The van der Waals surface area contributed by atoms with E-state index in [2.05, 4.69) is 17.2 Å². The van der Waals surface area contributed by atoms with Gasteiger partial charge < -0.3 is 15.4 Å². The monoisotopic (exact) mass is 356 g/mol. The summed E-state index contributed by atoms with van der Waals surface area (Å²) in [5.74, 6) is -0.485. The number of thiocarbonyl (C=S) groups is 1. The highest BCUT2D eigenvalue weighted by Crippen LogP contribution is 2.36. The van der Waals surface area contributed by atoms with Crippen LogP contribution in [-0.4, -0.2) is 17.7 Å². The fraction of sp³-hybridized carbons (Fsp3) is 0.200. The minimum atomic E-state index is -0.577. The number of halogens is 2. The summed E-state index contributed by atoms with van der Waals surface area (Å²) in [6.45, 7) is 5.39. The molecule has 0 saturated carbocycles. The first-order valence-electron chi connectivity index (χ1n) is 6.46. The molecule has 116 valence electrons. The van der Waals surface area contributed by atoms with Crippen LogP contribution in [0.1, 0.15) is 18.5 Å². The Balaban J connectivity index is 2.51. The number of hydrogen-bond acceptors (Lipinski definition) is 3. The molecule has 2 N–H and O–H groups in total. The molecule has 0 aliphatic carbocycles. The second kappa shape index (κ2) is 7.13. The molecule has 0 bridgehead atoms. The summed E-state index contributed by atoms with van der Waals surface area (Å²) in [6.07, 6.45) is 1.50. The average Bonchev–Trinajstić information content (AvgIpc) is 2.44. The third-order valence-electron chi connectivity index (χ3n) is 3.11. The van der Waals surface area contributed by atoms with Crippen LogP contribution in [-0.2, 0) is 9.53 Å². The van der Waals surface area contributed by atoms with Crippen molar-refractivity contribution in [3.63, 3.8) is 0 Å². The van der Waals surface area contributed by atoms with Crippen LogP contribution in [0.5, 0.6) is 0 Å². The standard InChI is InChI=1S/C15H14Cl2N2O2S/c1-3-7-21-14(20)11-8(2)18-15(22)19-13(11)12-9(16)5-4-6-10(12)17/h3-6,13H,1,7H2,2H3,(H2,18,19,22)/t13-/m0/s1. The molecule has 1 atom stereocenters. The van der Waals surface area contributed by atoms with Gasteiger partial charge in [0.1, 0.15) is 6.61 Å². The normalized spacial score (nSPS) is 17.6. The molecule has 1 aliphatic heterocycles. The fourth-order valence-corrected chi connectivity index (χ4v) is 3.07. The Hall–Kier alpha value is -1.56. The average molecular weight is 357 g/mol. The first-order chi connectivity index (χ1) is 10.5. The number of nitrogens with one attached hydrogen (secondary N) is 2. The Morgan fingerprint density at radius 3 is 2.68 bits per heavy atom. The van der Waals surface area contributed by atoms with E-state index in [-0.39, 0.29) is 6.61 Å². The maximum absolute atomic E-state index is 12.3. The van der Waals surface area contributed by atoms with E-state index in [9.17, 15) is 4.79 Å². The van der Waals surface area contributed by atoms with Gasteiger partial charge in [0.05, 0.1) is 11.6 Å². The minimum absolute atomic E-state index is 0.114. The van der Waals surface area contributed by atoms with Crippen molar-refractivity contribution in [2.75, 3.05) is 6.61 Å². The smallest absolute Gasteiger partial charge is 0.338 e. The number of ether oxygens (including phenoxy) is 1. The SMILES string of the molecule is C=CCOC(=O)C1=C(C)NC(=S)N[C@@H]1c1c(Cl)cccc1Cl. The van der Waals surface area contributed by atoms with Crippen LogP contribution in [0.3, 0.4) is 0 Å². The zero-order valence-corrected chi connectivity index (χ0v) is 14.1. The summed E-state index contributed by atoms with van der Waals surface area (Å²) in [5, 5.41) is 7.20. The zero-order valence-electron chi connectivity index (χ0n) is 11.8. The van der Waals surface area contributed by atoms with Gasteiger partial charge in [-0.1, -0.05) is 41.9 Å². The van der Waals surface area contributed by atoms with Gasteiger partial charge in [-0.25, -0.2) is 4.79 Å². The summed E-state index contributed by atoms with van der Waals surface area (Å²) in [4.78, 5) is 12.3. The molecule has 0 fully saturated rings. The summed E-state index contributed by atoms with van der Waals surface area (Å²) in [6, 6.07) is 4.57. The molecular weight excluding hydrogens is 343 g/mol. The molecule has 7 heteroatoms. The van der Waals surface area contributed by atoms with Crippen molar-refractivity contribution in [1.29, 1.82) is 0 Å². The Labute approximate surface area is 144 Å². The highest BCUT2D eigenvalue weighted by Gasteiger charge is 2.33. The van der Waals surface area contributed by atoms with E-state index in [1.54, 1.807) is 25.1 Å². The summed E-state index contributed by atoms with van der Waals surface area (Å²) >= 11 is 17.7. The van der Waals surface area contributed by atoms with Crippen molar-refractivity contribution in [2.45, 2.75) is 13.0 Å². The first kappa shape index (κ1) is 16.8. The lowest BCUT2D eigenvalue weighted by Crippen LogP contribution is -2.45. The van der Waals surface area contributed by atoms with Crippen molar-refractivity contribution < 1.29 is 9.53 Å². The quantitative estimate of drug-likeness (QED) is 0.491. The van der Waals surface area contributed by atoms with Crippen molar-refractivity contribution >= 4 is 46.5 Å². The maximum atomic E-state index is 12.3. The predicted molar refractivity (Wildman–Crippen MR) is 91.9 cm³/mol. The molecule has 2 rings (SSSR count).